The molecular weight excluding hydrogens is 280 g/mol. The third kappa shape index (κ3) is 2.47. The zero-order valence-electron chi connectivity index (χ0n) is 12.9. The Kier molecular flexibility index (Phi) is 3.66. The van der Waals surface area contributed by atoms with E-state index in [0.29, 0.717) is 24.5 Å². The quantitative estimate of drug-likeness (QED) is 0.867. The highest BCUT2D eigenvalue weighted by atomic mass is 16.5. The van der Waals surface area contributed by atoms with Crippen molar-refractivity contribution < 1.29 is 4.74 Å². The smallest absolute Gasteiger partial charge is 0.300 e. The molecule has 0 bridgehead atoms. The molecule has 2 aromatic rings. The number of ether oxygens (including phenoxy) is 1. The van der Waals surface area contributed by atoms with Gasteiger partial charge in [-0.1, -0.05) is 30.3 Å². The number of aliphatic imine (C=N–C) groups is 1. The Hall–Kier alpha value is -2.63. The topological polar surface area (TPSA) is 59.7 Å². The van der Waals surface area contributed by atoms with Crippen molar-refractivity contribution in [1.82, 2.24) is 14.5 Å². The van der Waals surface area contributed by atoms with Gasteiger partial charge in [0.05, 0.1) is 19.2 Å². The van der Waals surface area contributed by atoms with E-state index in [1.807, 2.05) is 25.1 Å². The summed E-state index contributed by atoms with van der Waals surface area (Å²) < 4.78 is 6.53. The van der Waals surface area contributed by atoms with Gasteiger partial charge >= 0.3 is 6.01 Å². The minimum atomic E-state index is -0.115. The molecule has 0 fully saturated rings. The summed E-state index contributed by atoms with van der Waals surface area (Å²) in [5.74, 6) is 1.31. The number of hydrogen-bond acceptors (Lipinski definition) is 5. The molecule has 0 saturated carbocycles. The average Bonchev–Trinajstić information content (AvgIpc) is 2.53. The predicted molar refractivity (Wildman–Crippen MR) is 84.5 cm³/mol. The normalized spacial score (nSPS) is 13.6. The van der Waals surface area contributed by atoms with E-state index < -0.39 is 0 Å². The molecule has 6 nitrogen and oxygen atoms in total. The molecule has 114 valence electrons. The summed E-state index contributed by atoms with van der Waals surface area (Å²) in [6.45, 7) is 3.14. The second kappa shape index (κ2) is 5.63. The third-order valence-corrected chi connectivity index (χ3v) is 3.79. The number of hydrogen-bond donors (Lipinski definition) is 0. The van der Waals surface area contributed by atoms with Gasteiger partial charge in [0.15, 0.2) is 5.82 Å². The van der Waals surface area contributed by atoms with Crippen LogP contribution in [-0.2, 0) is 20.1 Å². The predicted octanol–water partition coefficient (Wildman–Crippen LogP) is 1.85. The highest BCUT2D eigenvalue weighted by Gasteiger charge is 2.23. The number of aromatic nitrogens is 2. The average molecular weight is 298 g/mol. The summed E-state index contributed by atoms with van der Waals surface area (Å²) in [6.07, 6.45) is 0. The molecule has 1 aromatic carbocycles. The fraction of sp³-hybridized carbons (Fsp3) is 0.312. The Morgan fingerprint density at radius 3 is 2.68 bits per heavy atom. The van der Waals surface area contributed by atoms with Crippen molar-refractivity contribution in [2.24, 2.45) is 12.0 Å². The first-order chi connectivity index (χ1) is 10.6. The molecule has 0 amide bonds. The molecule has 1 aliphatic heterocycles. The molecule has 0 saturated heterocycles. The van der Waals surface area contributed by atoms with Crippen LogP contribution in [-0.4, -0.2) is 27.4 Å². The van der Waals surface area contributed by atoms with E-state index in [4.69, 9.17) is 4.74 Å². The third-order valence-electron chi connectivity index (χ3n) is 3.79. The van der Waals surface area contributed by atoms with Gasteiger partial charge in [-0.2, -0.15) is 4.98 Å². The van der Waals surface area contributed by atoms with Crippen molar-refractivity contribution in [2.45, 2.75) is 20.0 Å². The summed E-state index contributed by atoms with van der Waals surface area (Å²) in [5, 5.41) is 0. The van der Waals surface area contributed by atoms with Crippen molar-refractivity contribution in [3.63, 3.8) is 0 Å². The molecular formula is C16H18N4O2. The summed E-state index contributed by atoms with van der Waals surface area (Å²) in [6, 6.07) is 10.4. The summed E-state index contributed by atoms with van der Waals surface area (Å²) >= 11 is 0. The Morgan fingerprint density at radius 1 is 1.27 bits per heavy atom. The van der Waals surface area contributed by atoms with Crippen LogP contribution in [0.15, 0.2) is 40.1 Å². The van der Waals surface area contributed by atoms with E-state index in [1.54, 1.807) is 7.05 Å². The van der Waals surface area contributed by atoms with Gasteiger partial charge in [0, 0.05) is 13.6 Å². The largest absolute Gasteiger partial charge is 0.468 e. The van der Waals surface area contributed by atoms with Crippen LogP contribution in [0.5, 0.6) is 6.01 Å². The number of fused-ring (bicyclic) bond motifs is 1. The highest BCUT2D eigenvalue weighted by Crippen LogP contribution is 2.24. The van der Waals surface area contributed by atoms with Crippen LogP contribution in [0.4, 0.5) is 5.82 Å². The van der Waals surface area contributed by atoms with Gasteiger partial charge in [0.1, 0.15) is 5.84 Å². The first-order valence-corrected chi connectivity index (χ1v) is 7.08. The molecule has 3 rings (SSSR count). The lowest BCUT2D eigenvalue weighted by Gasteiger charge is -2.28. The Balaban J connectivity index is 1.97. The zero-order chi connectivity index (χ0) is 15.7. The first kappa shape index (κ1) is 14.3. The van der Waals surface area contributed by atoms with Crippen LogP contribution in [0, 0.1) is 0 Å². The molecule has 0 aliphatic carbocycles. The minimum Gasteiger partial charge on any atom is -0.468 e. The Bertz CT molecular complexity index is 781. The summed E-state index contributed by atoms with van der Waals surface area (Å²) in [4.78, 5) is 23.3. The number of rotatable bonds is 3. The maximum absolute atomic E-state index is 12.4. The molecule has 0 unspecified atom stereocenters. The second-order valence-corrected chi connectivity index (χ2v) is 5.27. The maximum Gasteiger partial charge on any atom is 0.300 e. The fourth-order valence-corrected chi connectivity index (χ4v) is 2.53. The molecule has 2 heterocycles. The van der Waals surface area contributed by atoms with Crippen molar-refractivity contribution in [3.8, 4) is 6.01 Å². The van der Waals surface area contributed by atoms with Crippen LogP contribution in [0.3, 0.4) is 0 Å². The molecule has 0 spiro atoms. The van der Waals surface area contributed by atoms with E-state index in [2.05, 4.69) is 27.0 Å². The van der Waals surface area contributed by atoms with Crippen molar-refractivity contribution in [1.29, 1.82) is 0 Å². The highest BCUT2D eigenvalue weighted by molar-refractivity contribution is 5.84. The van der Waals surface area contributed by atoms with Gasteiger partial charge in [-0.05, 0) is 12.5 Å². The van der Waals surface area contributed by atoms with Gasteiger partial charge in [0.25, 0.3) is 5.56 Å². The fourth-order valence-electron chi connectivity index (χ4n) is 2.53. The van der Waals surface area contributed by atoms with E-state index in [9.17, 15) is 4.79 Å². The van der Waals surface area contributed by atoms with Gasteiger partial charge in [-0.15, -0.1) is 0 Å². The SMILES string of the molecule is COc1nc2c(c(=O)n1C)CN(Cc1ccccc1)C(C)=N2. The molecule has 6 heteroatoms. The van der Waals surface area contributed by atoms with E-state index >= 15 is 0 Å². The van der Waals surface area contributed by atoms with E-state index in [1.165, 1.54) is 17.2 Å². The zero-order valence-corrected chi connectivity index (χ0v) is 12.9. The van der Waals surface area contributed by atoms with E-state index in [-0.39, 0.29) is 11.6 Å². The summed E-state index contributed by atoms with van der Waals surface area (Å²) in [7, 11) is 3.15. The van der Waals surface area contributed by atoms with Gasteiger partial charge in [0.2, 0.25) is 0 Å². The summed E-state index contributed by atoms with van der Waals surface area (Å²) in [5.41, 5.74) is 1.67. The molecule has 1 aliphatic rings. The second-order valence-electron chi connectivity index (χ2n) is 5.27. The lowest BCUT2D eigenvalue weighted by molar-refractivity contribution is 0.349. The number of benzene rings is 1. The standard InChI is InChI=1S/C16H18N4O2/c1-11-17-14-13(15(21)19(2)16(18-14)22-3)10-20(11)9-12-7-5-4-6-8-12/h4-8H,9-10H2,1-3H3. The van der Waals surface area contributed by atoms with Gasteiger partial charge in [-0.3, -0.25) is 9.36 Å². The Labute approximate surface area is 128 Å². The number of amidine groups is 1. The van der Waals surface area contributed by atoms with Crippen LogP contribution < -0.4 is 10.3 Å². The lowest BCUT2D eigenvalue weighted by Crippen LogP contribution is -2.35. The first-order valence-electron chi connectivity index (χ1n) is 7.08. The number of methoxy groups -OCH3 is 1. The van der Waals surface area contributed by atoms with E-state index in [0.717, 1.165) is 5.84 Å². The van der Waals surface area contributed by atoms with Gasteiger partial charge < -0.3 is 9.64 Å². The van der Waals surface area contributed by atoms with Gasteiger partial charge in [-0.25, -0.2) is 4.99 Å². The van der Waals surface area contributed by atoms with Crippen molar-refractivity contribution in [3.05, 3.63) is 51.8 Å². The van der Waals surface area contributed by atoms with Crippen LogP contribution >= 0.6 is 0 Å². The van der Waals surface area contributed by atoms with Crippen molar-refractivity contribution in [2.75, 3.05) is 7.11 Å². The van der Waals surface area contributed by atoms with Crippen LogP contribution in [0.2, 0.25) is 0 Å². The maximum atomic E-state index is 12.4. The minimum absolute atomic E-state index is 0.115. The lowest BCUT2D eigenvalue weighted by atomic mass is 10.1. The Morgan fingerprint density at radius 2 is 2.00 bits per heavy atom. The van der Waals surface area contributed by atoms with Crippen molar-refractivity contribution >= 4 is 11.7 Å². The number of nitrogens with zero attached hydrogens (tertiary/aromatic N) is 4. The van der Waals surface area contributed by atoms with Crippen LogP contribution in [0.1, 0.15) is 18.1 Å². The molecule has 1 aromatic heterocycles. The molecule has 0 radical (unpaired) electrons. The molecule has 22 heavy (non-hydrogen) atoms. The molecule has 0 N–H and O–H groups in total. The van der Waals surface area contributed by atoms with Crippen LogP contribution in [0.25, 0.3) is 0 Å². The molecule has 0 atom stereocenters. The monoisotopic (exact) mass is 298 g/mol.